The minimum absolute atomic E-state index is 0. The fraction of sp³-hybridized carbons (Fsp3) is 0.462. The van der Waals surface area contributed by atoms with Crippen molar-refractivity contribution < 1.29 is 4.79 Å². The highest BCUT2D eigenvalue weighted by Crippen LogP contribution is 2.23. The first kappa shape index (κ1) is 16.4. The number of carbonyl (C=O) groups is 1. The quantitative estimate of drug-likeness (QED) is 0.880. The molecule has 6 heteroatoms. The van der Waals surface area contributed by atoms with Crippen molar-refractivity contribution in [1.82, 2.24) is 4.90 Å². The summed E-state index contributed by atoms with van der Waals surface area (Å²) in [5, 5.41) is 2.91. The van der Waals surface area contributed by atoms with Gasteiger partial charge < -0.3 is 11.1 Å². The molecule has 1 amide bonds. The number of amides is 1. The van der Waals surface area contributed by atoms with Crippen molar-refractivity contribution in [3.05, 3.63) is 28.2 Å². The van der Waals surface area contributed by atoms with Crippen LogP contribution in [0.1, 0.15) is 12.0 Å². The van der Waals surface area contributed by atoms with Crippen LogP contribution in [0.25, 0.3) is 0 Å². The van der Waals surface area contributed by atoms with Crippen LogP contribution in [-0.2, 0) is 4.79 Å². The maximum Gasteiger partial charge on any atom is 0.238 e. The third-order valence-electron chi connectivity index (χ3n) is 3.07. The van der Waals surface area contributed by atoms with Crippen molar-refractivity contribution in [2.45, 2.75) is 19.4 Å². The van der Waals surface area contributed by atoms with Gasteiger partial charge in [-0.1, -0.05) is 6.07 Å². The zero-order chi connectivity index (χ0) is 13.1. The molecule has 0 aliphatic carbocycles. The number of hydrogen-bond donors (Lipinski definition) is 2. The molecular weight excluding hydrogens is 330 g/mol. The summed E-state index contributed by atoms with van der Waals surface area (Å²) in [6.45, 7) is 4.14. The van der Waals surface area contributed by atoms with E-state index in [1.54, 1.807) is 0 Å². The highest BCUT2D eigenvalue weighted by molar-refractivity contribution is 9.10. The van der Waals surface area contributed by atoms with Gasteiger partial charge in [0.25, 0.3) is 0 Å². The predicted molar refractivity (Wildman–Crippen MR) is 83.8 cm³/mol. The number of nitrogens with two attached hydrogens (primary N) is 1. The van der Waals surface area contributed by atoms with Crippen molar-refractivity contribution in [1.29, 1.82) is 0 Å². The molecule has 1 heterocycles. The maximum atomic E-state index is 11.9. The van der Waals surface area contributed by atoms with Gasteiger partial charge in [0.05, 0.1) is 12.2 Å². The zero-order valence-electron chi connectivity index (χ0n) is 10.9. The number of halogens is 2. The van der Waals surface area contributed by atoms with Gasteiger partial charge in [0.1, 0.15) is 0 Å². The van der Waals surface area contributed by atoms with E-state index in [0.717, 1.165) is 35.2 Å². The number of aryl methyl sites for hydroxylation is 1. The van der Waals surface area contributed by atoms with Gasteiger partial charge in [-0.3, -0.25) is 9.69 Å². The minimum Gasteiger partial charge on any atom is -0.326 e. The summed E-state index contributed by atoms with van der Waals surface area (Å²) in [7, 11) is 0. The van der Waals surface area contributed by atoms with E-state index in [1.165, 1.54) is 0 Å². The van der Waals surface area contributed by atoms with Crippen molar-refractivity contribution in [2.75, 3.05) is 25.0 Å². The van der Waals surface area contributed by atoms with Gasteiger partial charge in [0.15, 0.2) is 0 Å². The van der Waals surface area contributed by atoms with Crippen molar-refractivity contribution in [3.63, 3.8) is 0 Å². The predicted octanol–water partition coefficient (Wildman–Crippen LogP) is 2.15. The topological polar surface area (TPSA) is 58.4 Å². The van der Waals surface area contributed by atoms with E-state index in [0.29, 0.717) is 6.54 Å². The Morgan fingerprint density at radius 3 is 2.89 bits per heavy atom. The van der Waals surface area contributed by atoms with E-state index in [-0.39, 0.29) is 24.4 Å². The Morgan fingerprint density at radius 1 is 1.58 bits per heavy atom. The van der Waals surface area contributed by atoms with Gasteiger partial charge in [0, 0.05) is 23.6 Å². The number of rotatable bonds is 3. The average molecular weight is 349 g/mol. The number of anilines is 1. The smallest absolute Gasteiger partial charge is 0.238 e. The van der Waals surface area contributed by atoms with Gasteiger partial charge in [0.2, 0.25) is 5.91 Å². The number of nitrogens with one attached hydrogen (secondary N) is 1. The molecule has 19 heavy (non-hydrogen) atoms. The third-order valence-corrected chi connectivity index (χ3v) is 3.73. The number of carbonyl (C=O) groups excluding carboxylic acids is 1. The molecule has 1 saturated heterocycles. The maximum absolute atomic E-state index is 11.9. The molecule has 1 aliphatic heterocycles. The fourth-order valence-corrected chi connectivity index (χ4v) is 2.71. The summed E-state index contributed by atoms with van der Waals surface area (Å²) in [5.74, 6) is 0.00801. The SMILES string of the molecule is Cc1ccc(NC(=O)CN2CC[C@@H](N)C2)c(Br)c1.Cl. The van der Waals surface area contributed by atoms with E-state index >= 15 is 0 Å². The molecule has 0 aromatic heterocycles. The zero-order valence-corrected chi connectivity index (χ0v) is 13.3. The van der Waals surface area contributed by atoms with Crippen LogP contribution in [0.4, 0.5) is 5.69 Å². The lowest BCUT2D eigenvalue weighted by Gasteiger charge is -2.15. The van der Waals surface area contributed by atoms with Crippen molar-refractivity contribution >= 4 is 39.9 Å². The molecule has 1 aromatic rings. The molecule has 0 radical (unpaired) electrons. The Balaban J connectivity index is 0.00000180. The number of benzene rings is 1. The number of nitrogens with zero attached hydrogens (tertiary/aromatic N) is 1. The lowest BCUT2D eigenvalue weighted by atomic mass is 10.2. The summed E-state index contributed by atoms with van der Waals surface area (Å²) >= 11 is 3.45. The first-order valence-electron chi connectivity index (χ1n) is 6.08. The molecule has 1 atom stereocenters. The molecule has 0 bridgehead atoms. The Morgan fingerprint density at radius 2 is 2.32 bits per heavy atom. The molecule has 0 saturated carbocycles. The lowest BCUT2D eigenvalue weighted by molar-refractivity contribution is -0.117. The summed E-state index contributed by atoms with van der Waals surface area (Å²) < 4.78 is 0.911. The molecule has 4 nitrogen and oxygen atoms in total. The van der Waals surface area contributed by atoms with Crippen LogP contribution in [0, 0.1) is 6.92 Å². The summed E-state index contributed by atoms with van der Waals surface area (Å²) in [6.07, 6.45) is 0.974. The van der Waals surface area contributed by atoms with E-state index in [1.807, 2.05) is 25.1 Å². The summed E-state index contributed by atoms with van der Waals surface area (Å²) in [4.78, 5) is 14.0. The van der Waals surface area contributed by atoms with E-state index in [2.05, 4.69) is 26.1 Å². The van der Waals surface area contributed by atoms with Gasteiger partial charge in [-0.25, -0.2) is 0 Å². The van der Waals surface area contributed by atoms with Gasteiger partial charge in [-0.05, 0) is 47.0 Å². The second-order valence-electron chi connectivity index (χ2n) is 4.82. The monoisotopic (exact) mass is 347 g/mol. The normalized spacial score (nSPS) is 19.0. The van der Waals surface area contributed by atoms with Gasteiger partial charge in [-0.2, -0.15) is 0 Å². The molecule has 1 aromatic carbocycles. The highest BCUT2D eigenvalue weighted by atomic mass is 79.9. The molecular formula is C13H19BrClN3O. The second kappa shape index (κ2) is 7.24. The molecule has 0 unspecified atom stereocenters. The van der Waals surface area contributed by atoms with Crippen molar-refractivity contribution in [2.24, 2.45) is 5.73 Å². The molecule has 2 rings (SSSR count). The lowest BCUT2D eigenvalue weighted by Crippen LogP contribution is -2.33. The first-order valence-corrected chi connectivity index (χ1v) is 6.88. The minimum atomic E-state index is 0. The highest BCUT2D eigenvalue weighted by Gasteiger charge is 2.21. The van der Waals surface area contributed by atoms with Crippen LogP contribution in [0.3, 0.4) is 0 Å². The number of likely N-dealkylation sites (tertiary alicyclic amines) is 1. The molecule has 3 N–H and O–H groups in total. The third kappa shape index (κ3) is 4.76. The largest absolute Gasteiger partial charge is 0.326 e. The fourth-order valence-electron chi connectivity index (χ4n) is 2.12. The summed E-state index contributed by atoms with van der Waals surface area (Å²) in [5.41, 5.74) is 7.79. The van der Waals surface area contributed by atoms with Crippen LogP contribution in [0.2, 0.25) is 0 Å². The molecule has 1 aliphatic rings. The van der Waals surface area contributed by atoms with Crippen LogP contribution >= 0.6 is 28.3 Å². The van der Waals surface area contributed by atoms with E-state index in [9.17, 15) is 4.79 Å². The first-order chi connectivity index (χ1) is 8.54. The van der Waals surface area contributed by atoms with Crippen LogP contribution < -0.4 is 11.1 Å². The van der Waals surface area contributed by atoms with Gasteiger partial charge in [-0.15, -0.1) is 12.4 Å². The Kier molecular flexibility index (Phi) is 6.26. The molecule has 106 valence electrons. The standard InChI is InChI=1S/C13H18BrN3O.ClH/c1-9-2-3-12(11(14)6-9)16-13(18)8-17-5-4-10(15)7-17;/h2-3,6,10H,4-5,7-8,15H2,1H3,(H,16,18);1H/t10-;/m1./s1. The average Bonchev–Trinajstić information content (AvgIpc) is 2.68. The molecule has 0 spiro atoms. The van der Waals surface area contributed by atoms with Crippen LogP contribution in [-0.4, -0.2) is 36.5 Å². The Hall–Kier alpha value is -0.620. The Bertz CT molecular complexity index is 456. The number of hydrogen-bond acceptors (Lipinski definition) is 3. The molecule has 1 fully saturated rings. The van der Waals surface area contributed by atoms with Gasteiger partial charge >= 0.3 is 0 Å². The second-order valence-corrected chi connectivity index (χ2v) is 5.67. The summed E-state index contributed by atoms with van der Waals surface area (Å²) in [6, 6.07) is 6.09. The van der Waals surface area contributed by atoms with E-state index < -0.39 is 0 Å². The van der Waals surface area contributed by atoms with Crippen LogP contribution in [0.5, 0.6) is 0 Å². The van der Waals surface area contributed by atoms with E-state index in [4.69, 9.17) is 5.73 Å². The van der Waals surface area contributed by atoms with Crippen LogP contribution in [0.15, 0.2) is 22.7 Å². The van der Waals surface area contributed by atoms with Crippen molar-refractivity contribution in [3.8, 4) is 0 Å². The Labute approximate surface area is 128 Å².